The Kier molecular flexibility index (Phi) is 67.9. The molecule has 472 valence electrons. The van der Waals surface area contributed by atoms with Gasteiger partial charge in [0.1, 0.15) is 0 Å². The molecule has 1 amide bonds. The minimum atomic E-state index is -0.841. The van der Waals surface area contributed by atoms with Crippen LogP contribution < -0.4 is 5.32 Å². The van der Waals surface area contributed by atoms with Gasteiger partial charge in [0.25, 0.3) is 0 Å². The average Bonchev–Trinajstić information content (AvgIpc) is 3.46. The van der Waals surface area contributed by atoms with Gasteiger partial charge >= 0.3 is 5.97 Å². The Labute approximate surface area is 500 Å². The van der Waals surface area contributed by atoms with Crippen LogP contribution in [0, 0.1) is 0 Å². The third-order valence-corrected chi connectivity index (χ3v) is 16.9. The van der Waals surface area contributed by atoms with E-state index in [1.165, 1.54) is 327 Å². The molecule has 80 heavy (non-hydrogen) atoms. The molecule has 0 spiro atoms. The zero-order valence-corrected chi connectivity index (χ0v) is 54.1. The third-order valence-electron chi connectivity index (χ3n) is 16.9. The van der Waals surface area contributed by atoms with E-state index in [2.05, 4.69) is 43.5 Å². The van der Waals surface area contributed by atoms with Crippen LogP contribution in [0.1, 0.15) is 399 Å². The van der Waals surface area contributed by atoms with E-state index in [1.54, 1.807) is 6.08 Å². The van der Waals surface area contributed by atoms with Crippen molar-refractivity contribution in [3.05, 3.63) is 36.5 Å². The Morgan fingerprint density at radius 1 is 0.338 bits per heavy atom. The zero-order valence-electron chi connectivity index (χ0n) is 54.1. The van der Waals surface area contributed by atoms with Gasteiger partial charge in [0, 0.05) is 12.8 Å². The molecule has 0 aromatic rings. The maximum atomic E-state index is 12.5. The number of nitrogens with one attached hydrogen (secondary N) is 1. The molecule has 3 N–H and O–H groups in total. The molecular weight excluding hydrogens is 983 g/mol. The fourth-order valence-electron chi connectivity index (χ4n) is 11.3. The molecule has 0 aliphatic heterocycles. The minimum absolute atomic E-state index is 0.0155. The molecule has 2 unspecified atom stereocenters. The smallest absolute Gasteiger partial charge is 0.305 e. The largest absolute Gasteiger partial charge is 0.466 e. The van der Waals surface area contributed by atoms with Crippen molar-refractivity contribution < 1.29 is 24.5 Å². The number of carbonyl (C=O) groups excluding carboxylic acids is 2. The summed E-state index contributed by atoms with van der Waals surface area (Å²) < 4.78 is 5.50. The van der Waals surface area contributed by atoms with Crippen LogP contribution in [0.15, 0.2) is 36.5 Å². The van der Waals surface area contributed by atoms with Crippen molar-refractivity contribution >= 4 is 11.9 Å². The highest BCUT2D eigenvalue weighted by atomic mass is 16.5. The molecular formula is C74H141NO5. The van der Waals surface area contributed by atoms with E-state index in [4.69, 9.17) is 4.74 Å². The number of hydrogen-bond acceptors (Lipinski definition) is 5. The Balaban J connectivity index is 3.34. The number of hydrogen-bond donors (Lipinski definition) is 3. The highest BCUT2D eigenvalue weighted by molar-refractivity contribution is 5.76. The van der Waals surface area contributed by atoms with Crippen molar-refractivity contribution in [3.8, 4) is 0 Å². The first-order valence-corrected chi connectivity index (χ1v) is 36.3. The Morgan fingerprint density at radius 3 is 0.887 bits per heavy atom. The lowest BCUT2D eigenvalue weighted by Gasteiger charge is -2.20. The third kappa shape index (κ3) is 65.2. The fourth-order valence-corrected chi connectivity index (χ4v) is 11.3. The summed E-state index contributed by atoms with van der Waals surface area (Å²) >= 11 is 0. The highest BCUT2D eigenvalue weighted by Gasteiger charge is 2.18. The van der Waals surface area contributed by atoms with Crippen LogP contribution in [0.2, 0.25) is 0 Å². The number of unbranched alkanes of at least 4 members (excludes halogenated alkanes) is 53. The standard InChI is InChI=1S/C74H141NO5/c1-3-5-7-9-11-13-15-17-18-36-40-44-48-52-56-60-64-68-74(79)80-69-65-61-57-53-49-45-41-38-35-33-31-29-27-25-23-21-19-20-22-24-26-28-30-32-34-37-39-43-47-51-55-59-63-67-73(78)75-71(70-76)72(77)66-62-58-54-50-46-42-16-14-12-10-8-6-4-2/h17-18,23,25,62,66,71-72,76-77H,3-16,19-22,24,26-61,63-65,67-70H2,1-2H3,(H,75,78)/b18-17-,25-23-,66-62+. The van der Waals surface area contributed by atoms with Crippen molar-refractivity contribution in [2.75, 3.05) is 13.2 Å². The summed E-state index contributed by atoms with van der Waals surface area (Å²) in [6, 6.07) is -0.625. The van der Waals surface area contributed by atoms with Gasteiger partial charge in [-0.15, -0.1) is 0 Å². The van der Waals surface area contributed by atoms with Crippen LogP contribution in [-0.4, -0.2) is 47.4 Å². The van der Waals surface area contributed by atoms with Gasteiger partial charge < -0.3 is 20.3 Å². The first-order chi connectivity index (χ1) is 39.5. The second-order valence-corrected chi connectivity index (χ2v) is 24.9. The number of aliphatic hydroxyl groups is 2. The molecule has 6 heteroatoms. The van der Waals surface area contributed by atoms with Crippen LogP contribution in [0.4, 0.5) is 0 Å². The molecule has 0 rings (SSSR count). The predicted molar refractivity (Wildman–Crippen MR) is 352 cm³/mol. The summed E-state index contributed by atoms with van der Waals surface area (Å²) in [6.45, 7) is 4.92. The van der Waals surface area contributed by atoms with E-state index < -0.39 is 12.1 Å². The maximum absolute atomic E-state index is 12.5. The van der Waals surface area contributed by atoms with Crippen LogP contribution in [0.5, 0.6) is 0 Å². The summed E-state index contributed by atoms with van der Waals surface area (Å²) in [5.74, 6) is -0.0480. The lowest BCUT2D eigenvalue weighted by molar-refractivity contribution is -0.143. The van der Waals surface area contributed by atoms with Crippen molar-refractivity contribution in [1.29, 1.82) is 0 Å². The Morgan fingerprint density at radius 2 is 0.588 bits per heavy atom. The van der Waals surface area contributed by atoms with Crippen LogP contribution in [0.25, 0.3) is 0 Å². The molecule has 0 aliphatic carbocycles. The van der Waals surface area contributed by atoms with Crippen molar-refractivity contribution in [3.63, 3.8) is 0 Å². The van der Waals surface area contributed by atoms with Crippen LogP contribution >= 0.6 is 0 Å². The molecule has 0 heterocycles. The first kappa shape index (κ1) is 78.1. The molecule has 0 radical (unpaired) electrons. The molecule has 0 saturated carbocycles. The van der Waals surface area contributed by atoms with Crippen molar-refractivity contribution in [2.24, 2.45) is 0 Å². The molecule has 0 bridgehead atoms. The van der Waals surface area contributed by atoms with E-state index >= 15 is 0 Å². The van der Waals surface area contributed by atoms with Gasteiger partial charge in [-0.25, -0.2) is 0 Å². The van der Waals surface area contributed by atoms with Gasteiger partial charge in [0.15, 0.2) is 0 Å². The first-order valence-electron chi connectivity index (χ1n) is 36.3. The highest BCUT2D eigenvalue weighted by Crippen LogP contribution is 2.18. The summed E-state index contributed by atoms with van der Waals surface area (Å²) in [5, 5.41) is 23.1. The summed E-state index contributed by atoms with van der Waals surface area (Å²) in [5.41, 5.74) is 0. The van der Waals surface area contributed by atoms with Gasteiger partial charge in [0.2, 0.25) is 5.91 Å². The van der Waals surface area contributed by atoms with Crippen LogP contribution in [-0.2, 0) is 14.3 Å². The zero-order chi connectivity index (χ0) is 57.8. The number of esters is 1. The lowest BCUT2D eigenvalue weighted by atomic mass is 10.0. The second-order valence-electron chi connectivity index (χ2n) is 24.9. The molecule has 0 fully saturated rings. The average molecular weight is 1120 g/mol. The number of amides is 1. The maximum Gasteiger partial charge on any atom is 0.305 e. The van der Waals surface area contributed by atoms with E-state index in [0.29, 0.717) is 19.4 Å². The molecule has 0 aromatic carbocycles. The fraction of sp³-hybridized carbons (Fsp3) is 0.892. The molecule has 6 nitrogen and oxygen atoms in total. The van der Waals surface area contributed by atoms with Crippen molar-refractivity contribution in [2.45, 2.75) is 411 Å². The second kappa shape index (κ2) is 69.6. The Bertz CT molecular complexity index is 1300. The molecule has 0 aliphatic rings. The summed E-state index contributed by atoms with van der Waals surface area (Å²) in [6.07, 6.45) is 89.6. The quantitative estimate of drug-likeness (QED) is 0.0320. The van der Waals surface area contributed by atoms with E-state index in [0.717, 1.165) is 44.9 Å². The molecule has 0 saturated heterocycles. The monoisotopic (exact) mass is 1120 g/mol. The van der Waals surface area contributed by atoms with Gasteiger partial charge in [-0.05, 0) is 83.5 Å². The number of ether oxygens (including phenoxy) is 1. The van der Waals surface area contributed by atoms with E-state index in [9.17, 15) is 19.8 Å². The number of rotatable bonds is 68. The number of carbonyl (C=O) groups is 2. The SMILES string of the molecule is CCCCCCCC/C=C\CCCCCCCCCC(=O)OCCCCCCCCCCCCCC/C=C\CCCCCCCCCCCCCCCCCCCC(=O)NC(CO)C(O)/C=C/CCCCCCCCCCCCC. The van der Waals surface area contributed by atoms with Gasteiger partial charge in [-0.3, -0.25) is 9.59 Å². The van der Waals surface area contributed by atoms with Crippen molar-refractivity contribution in [1.82, 2.24) is 5.32 Å². The number of allylic oxidation sites excluding steroid dienone is 5. The summed E-state index contributed by atoms with van der Waals surface area (Å²) in [7, 11) is 0. The topological polar surface area (TPSA) is 95.9 Å². The van der Waals surface area contributed by atoms with E-state index in [1.807, 2.05) is 6.08 Å². The van der Waals surface area contributed by atoms with Gasteiger partial charge in [-0.1, -0.05) is 339 Å². The normalized spacial score (nSPS) is 12.7. The minimum Gasteiger partial charge on any atom is -0.466 e. The molecule has 2 atom stereocenters. The predicted octanol–water partition coefficient (Wildman–Crippen LogP) is 23.5. The lowest BCUT2D eigenvalue weighted by Crippen LogP contribution is -2.45. The molecule has 0 aromatic heterocycles. The Hall–Kier alpha value is -1.92. The van der Waals surface area contributed by atoms with Crippen LogP contribution in [0.3, 0.4) is 0 Å². The number of aliphatic hydroxyl groups excluding tert-OH is 2. The van der Waals surface area contributed by atoms with E-state index in [-0.39, 0.29) is 18.5 Å². The van der Waals surface area contributed by atoms with Gasteiger partial charge in [0.05, 0.1) is 25.4 Å². The summed E-state index contributed by atoms with van der Waals surface area (Å²) in [4.78, 5) is 24.6. The van der Waals surface area contributed by atoms with Gasteiger partial charge in [-0.2, -0.15) is 0 Å².